The van der Waals surface area contributed by atoms with Gasteiger partial charge in [-0.3, -0.25) is 4.52 Å². The Kier molecular flexibility index (Phi) is 6.54. The van der Waals surface area contributed by atoms with Gasteiger partial charge in [0.05, 0.1) is 12.6 Å². The van der Waals surface area contributed by atoms with Gasteiger partial charge in [-0.15, -0.1) is 0 Å². The van der Waals surface area contributed by atoms with Crippen LogP contribution in [-0.4, -0.2) is 63.5 Å². The van der Waals surface area contributed by atoms with Crippen LogP contribution in [0.3, 0.4) is 0 Å². The molecule has 6 atom stereocenters. The minimum atomic E-state index is -5.61. The smallest absolute Gasteiger partial charge is 0.387 e. The van der Waals surface area contributed by atoms with E-state index in [4.69, 9.17) is 24.3 Å². The maximum atomic E-state index is 13.3. The van der Waals surface area contributed by atoms with Gasteiger partial charge in [0.1, 0.15) is 26.2 Å². The van der Waals surface area contributed by atoms with Crippen LogP contribution in [0.1, 0.15) is 0 Å². The lowest BCUT2D eigenvalue weighted by Crippen LogP contribution is -2.31. The van der Waals surface area contributed by atoms with Crippen LogP contribution in [0.4, 0.5) is 4.39 Å². The lowest BCUT2D eigenvalue weighted by Gasteiger charge is -2.19. The largest absolute Gasteiger partial charge is 0.490 e. The molecule has 0 saturated carbocycles. The number of alkyl halides is 1. The quantitative estimate of drug-likeness (QED) is 0.248. The third kappa shape index (κ3) is 6.44. The van der Waals surface area contributed by atoms with Gasteiger partial charge >= 0.3 is 23.5 Å². The first-order valence-corrected chi connectivity index (χ1v) is 10.0. The second-order valence-corrected chi connectivity index (χ2v) is 8.62. The highest BCUT2D eigenvalue weighted by Gasteiger charge is 2.45. The molecule has 1 saturated heterocycles. The highest BCUT2D eigenvalue weighted by molar-refractivity contribution is 7.66. The van der Waals surface area contributed by atoms with E-state index in [-0.39, 0.29) is 0 Å². The van der Waals surface area contributed by atoms with Crippen molar-refractivity contribution in [1.82, 2.24) is 0 Å². The third-order valence-electron chi connectivity index (χ3n) is 2.36. The fourth-order valence-electron chi connectivity index (χ4n) is 1.52. The van der Waals surface area contributed by atoms with E-state index < -0.39 is 54.5 Å². The van der Waals surface area contributed by atoms with E-state index in [9.17, 15) is 23.2 Å². The summed E-state index contributed by atoms with van der Waals surface area (Å²) in [6, 6.07) is -1.01. The van der Waals surface area contributed by atoms with Gasteiger partial charge in [0, 0.05) is 0 Å². The zero-order valence-corrected chi connectivity index (χ0v) is 13.5. The summed E-state index contributed by atoms with van der Waals surface area (Å²) >= 11 is 0. The first-order chi connectivity index (χ1) is 9.72. The van der Waals surface area contributed by atoms with Gasteiger partial charge < -0.3 is 29.4 Å². The minimum absolute atomic E-state index is 0.893. The molecule has 17 heteroatoms. The van der Waals surface area contributed by atoms with Crippen LogP contribution in [0.25, 0.3) is 0 Å². The molecule has 6 unspecified atom stereocenters. The Morgan fingerprint density at radius 2 is 1.64 bits per heavy atom. The molecule has 1 heterocycles. The Morgan fingerprint density at radius 1 is 1.09 bits per heavy atom. The second kappa shape index (κ2) is 7.06. The Bertz CT molecular complexity index is 537. The van der Waals surface area contributed by atoms with E-state index in [1.165, 1.54) is 7.85 Å². The molecular formula is C5H13BFO12P3. The van der Waals surface area contributed by atoms with Gasteiger partial charge in [-0.2, -0.15) is 8.62 Å². The number of hydrogen-bond donors (Lipinski definition) is 5. The average molecular weight is 388 g/mol. The van der Waals surface area contributed by atoms with Gasteiger partial charge in [-0.25, -0.2) is 18.1 Å². The molecule has 1 aliphatic heterocycles. The lowest BCUT2D eigenvalue weighted by atomic mass is 9.94. The van der Waals surface area contributed by atoms with Crippen molar-refractivity contribution in [3.8, 4) is 0 Å². The molecule has 0 aromatic carbocycles. The molecule has 0 radical (unpaired) electrons. The lowest BCUT2D eigenvalue weighted by molar-refractivity contribution is -0.00570. The van der Waals surface area contributed by atoms with Gasteiger partial charge in [0.15, 0.2) is 0 Å². The molecule has 22 heavy (non-hydrogen) atoms. The average Bonchev–Trinajstić information content (AvgIpc) is 2.49. The summed E-state index contributed by atoms with van der Waals surface area (Å²) in [4.78, 5) is 34.7. The monoisotopic (exact) mass is 388 g/mol. The van der Waals surface area contributed by atoms with Gasteiger partial charge in [0.2, 0.25) is 0 Å². The molecule has 1 rings (SSSR count). The van der Waals surface area contributed by atoms with Crippen LogP contribution < -0.4 is 0 Å². The molecule has 0 aromatic rings. The molecule has 130 valence electrons. The second-order valence-electron chi connectivity index (χ2n) is 4.20. The van der Waals surface area contributed by atoms with Crippen LogP contribution in [0, 0.1) is 0 Å². The van der Waals surface area contributed by atoms with Crippen molar-refractivity contribution in [3.63, 3.8) is 0 Å². The van der Waals surface area contributed by atoms with E-state index in [0.29, 0.717) is 0 Å². The number of phosphoric acid groups is 3. The molecule has 0 amide bonds. The molecule has 0 aromatic heterocycles. The first kappa shape index (κ1) is 20.4. The maximum Gasteiger partial charge on any atom is 0.490 e. The maximum absolute atomic E-state index is 13.3. The summed E-state index contributed by atoms with van der Waals surface area (Å²) in [7, 11) is -15.1. The van der Waals surface area contributed by atoms with Crippen molar-refractivity contribution in [1.29, 1.82) is 0 Å². The van der Waals surface area contributed by atoms with E-state index in [0.717, 1.165) is 0 Å². The Hall–Kier alpha value is 0.325. The van der Waals surface area contributed by atoms with Crippen molar-refractivity contribution < 1.29 is 60.6 Å². The van der Waals surface area contributed by atoms with Crippen molar-refractivity contribution in [2.75, 3.05) is 6.61 Å². The van der Waals surface area contributed by atoms with Crippen LogP contribution in [0.15, 0.2) is 0 Å². The van der Waals surface area contributed by atoms with Crippen LogP contribution in [0.2, 0.25) is 0 Å². The molecule has 1 fully saturated rings. The van der Waals surface area contributed by atoms with E-state index in [1.807, 2.05) is 0 Å². The number of phosphoric ester groups is 1. The number of aliphatic hydroxyl groups excluding tert-OH is 1. The SMILES string of the molecule is BC1OC(COP(=O)(O)OP(=O)(O)OP(=O)(O)O)C(O)C1F. The standard InChI is InChI=1S/C5H13BFO12P3/c6-5-3(7)4(8)2(17-5)1-16-21(12,13)19-22(14,15)18-20(9,10)11/h2-5,8H,1,6H2,(H,12,13)(H,14,15)(H2,9,10,11). The Balaban J connectivity index is 2.60. The summed E-state index contributed by atoms with van der Waals surface area (Å²) in [6.45, 7) is -0.893. The highest BCUT2D eigenvalue weighted by atomic mass is 31.3. The summed E-state index contributed by atoms with van der Waals surface area (Å²) in [6.07, 6.45) is -4.79. The Morgan fingerprint density at radius 3 is 2.05 bits per heavy atom. The molecule has 0 spiro atoms. The van der Waals surface area contributed by atoms with E-state index in [2.05, 4.69) is 13.1 Å². The van der Waals surface area contributed by atoms with Crippen LogP contribution in [-0.2, 0) is 31.6 Å². The van der Waals surface area contributed by atoms with Crippen molar-refractivity contribution >= 4 is 31.3 Å². The van der Waals surface area contributed by atoms with Gasteiger partial charge in [-0.1, -0.05) is 0 Å². The summed E-state index contributed by atoms with van der Waals surface area (Å²) in [5, 5.41) is 9.39. The number of rotatable bonds is 7. The fraction of sp³-hybridized carbons (Fsp3) is 1.00. The summed E-state index contributed by atoms with van der Waals surface area (Å²) < 4.78 is 62.0. The predicted molar refractivity (Wildman–Crippen MR) is 67.9 cm³/mol. The van der Waals surface area contributed by atoms with E-state index >= 15 is 0 Å². The topological polar surface area (TPSA) is 189 Å². The minimum Gasteiger partial charge on any atom is -0.387 e. The summed E-state index contributed by atoms with van der Waals surface area (Å²) in [5.41, 5.74) is 0. The number of aliphatic hydroxyl groups is 1. The summed E-state index contributed by atoms with van der Waals surface area (Å²) in [5.74, 6) is 0. The van der Waals surface area contributed by atoms with Gasteiger partial charge in [-0.05, 0) is 0 Å². The molecule has 5 N–H and O–H groups in total. The molecule has 1 aliphatic rings. The predicted octanol–water partition coefficient (Wildman–Crippen LogP) is -1.61. The Labute approximate surface area is 124 Å². The van der Waals surface area contributed by atoms with Crippen molar-refractivity contribution in [2.24, 2.45) is 0 Å². The number of halogens is 1. The first-order valence-electron chi connectivity index (χ1n) is 5.48. The van der Waals surface area contributed by atoms with E-state index in [1.54, 1.807) is 0 Å². The molecule has 0 aliphatic carbocycles. The van der Waals surface area contributed by atoms with Crippen molar-refractivity contribution in [2.45, 2.75) is 24.4 Å². The highest BCUT2D eigenvalue weighted by Crippen LogP contribution is 2.66. The number of hydrogen-bond acceptors (Lipinski definition) is 8. The van der Waals surface area contributed by atoms with Crippen molar-refractivity contribution in [3.05, 3.63) is 0 Å². The van der Waals surface area contributed by atoms with Crippen LogP contribution in [0.5, 0.6) is 0 Å². The molecule has 0 bridgehead atoms. The third-order valence-corrected chi connectivity index (χ3v) is 6.17. The fourth-order valence-corrected chi connectivity index (χ4v) is 4.55. The van der Waals surface area contributed by atoms with Gasteiger partial charge in [0.25, 0.3) is 0 Å². The molecular weight excluding hydrogens is 375 g/mol. The van der Waals surface area contributed by atoms with Crippen LogP contribution >= 0.6 is 23.5 Å². The number of ether oxygens (including phenoxy) is 1. The molecule has 12 nitrogen and oxygen atoms in total. The zero-order valence-electron chi connectivity index (χ0n) is 10.8. The normalized spacial score (nSPS) is 35.0. The zero-order chi connectivity index (χ0) is 17.3.